The second-order valence-corrected chi connectivity index (χ2v) is 1.41. The summed E-state index contributed by atoms with van der Waals surface area (Å²) in [6.45, 7) is 3.24. The summed E-state index contributed by atoms with van der Waals surface area (Å²) in [5, 5.41) is 0. The molecule has 0 heterocycles. The Kier molecular flexibility index (Phi) is 2.92. The Morgan fingerprint density at radius 3 is 2.12 bits per heavy atom. The molecule has 2 nitrogen and oxygen atoms in total. The zero-order valence-electron chi connectivity index (χ0n) is 5.39. The van der Waals surface area contributed by atoms with Crippen LogP contribution in [0.2, 0.25) is 0 Å². The highest BCUT2D eigenvalue weighted by atomic mass is 16.5. The average Bonchev–Trinajstić information content (AvgIpc) is 1.69. The van der Waals surface area contributed by atoms with Gasteiger partial charge in [-0.05, 0) is 13.0 Å². The van der Waals surface area contributed by atoms with Crippen LogP contribution in [0.3, 0.4) is 0 Å². The van der Waals surface area contributed by atoms with Gasteiger partial charge in [-0.3, -0.25) is 4.79 Å². The lowest BCUT2D eigenvalue weighted by molar-refractivity contribution is -0.116. The minimum atomic E-state index is -0.0324. The number of carbonyl (C=O) groups is 1. The molecule has 0 spiro atoms. The van der Waals surface area contributed by atoms with Crippen molar-refractivity contribution in [3.8, 4) is 0 Å². The molecule has 0 fully saturated rings. The first-order chi connectivity index (χ1) is 3.72. The van der Waals surface area contributed by atoms with Gasteiger partial charge >= 0.3 is 0 Å². The van der Waals surface area contributed by atoms with Gasteiger partial charge in [0, 0.05) is 6.92 Å². The molecule has 0 saturated carbocycles. The van der Waals surface area contributed by atoms with Gasteiger partial charge < -0.3 is 4.74 Å². The van der Waals surface area contributed by atoms with E-state index in [1.165, 1.54) is 14.0 Å². The first kappa shape index (κ1) is 7.21. The van der Waals surface area contributed by atoms with Crippen LogP contribution in [0.1, 0.15) is 13.8 Å². The van der Waals surface area contributed by atoms with E-state index in [1.807, 2.05) is 0 Å². The number of hydrogen-bond acceptors (Lipinski definition) is 2. The predicted octanol–water partition coefficient (Wildman–Crippen LogP) is 1.13. The second-order valence-electron chi connectivity index (χ2n) is 1.41. The van der Waals surface area contributed by atoms with Crippen molar-refractivity contribution in [1.82, 2.24) is 0 Å². The first-order valence-corrected chi connectivity index (χ1v) is 2.43. The summed E-state index contributed by atoms with van der Waals surface area (Å²) in [6, 6.07) is 0. The summed E-state index contributed by atoms with van der Waals surface area (Å²) in [5.41, 5.74) is 0. The van der Waals surface area contributed by atoms with Gasteiger partial charge in [-0.25, -0.2) is 0 Å². The van der Waals surface area contributed by atoms with E-state index in [1.54, 1.807) is 13.0 Å². The fourth-order valence-electron chi connectivity index (χ4n) is 0.465. The van der Waals surface area contributed by atoms with E-state index in [0.717, 1.165) is 0 Å². The monoisotopic (exact) mass is 114 g/mol. The lowest BCUT2D eigenvalue weighted by atomic mass is 10.3. The topological polar surface area (TPSA) is 26.3 Å². The van der Waals surface area contributed by atoms with Crippen molar-refractivity contribution in [1.29, 1.82) is 0 Å². The van der Waals surface area contributed by atoms with Crippen LogP contribution < -0.4 is 0 Å². The third-order valence-electron chi connectivity index (χ3n) is 0.829. The predicted molar refractivity (Wildman–Crippen MR) is 31.4 cm³/mol. The van der Waals surface area contributed by atoms with Crippen molar-refractivity contribution in [3.05, 3.63) is 11.8 Å². The minimum absolute atomic E-state index is 0.0324. The molecule has 0 aliphatic carbocycles. The van der Waals surface area contributed by atoms with Crippen LogP contribution in [0.5, 0.6) is 0 Å². The number of carbonyl (C=O) groups excluding carboxylic acids is 1. The van der Waals surface area contributed by atoms with Crippen LogP contribution in [0, 0.1) is 0 Å². The van der Waals surface area contributed by atoms with E-state index >= 15 is 0 Å². The van der Waals surface area contributed by atoms with Crippen molar-refractivity contribution in [2.24, 2.45) is 0 Å². The van der Waals surface area contributed by atoms with Crippen LogP contribution in [0.15, 0.2) is 11.8 Å². The molecule has 0 radical (unpaired) electrons. The lowest BCUT2D eigenvalue weighted by Crippen LogP contribution is -1.96. The molecule has 0 rings (SSSR count). The van der Waals surface area contributed by atoms with Crippen LogP contribution >= 0.6 is 0 Å². The maximum atomic E-state index is 10.4. The molecule has 0 saturated heterocycles. The van der Waals surface area contributed by atoms with E-state index in [-0.39, 0.29) is 5.78 Å². The standard InChI is InChI=1S/C6H10O2/c1-4-6(8-3)5(2)7/h4H,1-3H3/b6-4+. The summed E-state index contributed by atoms with van der Waals surface area (Å²) in [4.78, 5) is 10.4. The Morgan fingerprint density at radius 2 is 2.12 bits per heavy atom. The van der Waals surface area contributed by atoms with E-state index in [2.05, 4.69) is 4.74 Å². The van der Waals surface area contributed by atoms with Gasteiger partial charge in [-0.1, -0.05) is 0 Å². The molecule has 0 aliphatic heterocycles. The second kappa shape index (κ2) is 3.24. The zero-order valence-corrected chi connectivity index (χ0v) is 5.39. The Morgan fingerprint density at radius 1 is 1.62 bits per heavy atom. The summed E-state index contributed by atoms with van der Waals surface area (Å²) < 4.78 is 4.67. The third-order valence-corrected chi connectivity index (χ3v) is 0.829. The molecule has 0 aromatic heterocycles. The summed E-state index contributed by atoms with van der Waals surface area (Å²) in [6.07, 6.45) is 1.64. The Balaban J connectivity index is 3.92. The molecular formula is C6H10O2. The molecule has 2 heteroatoms. The van der Waals surface area contributed by atoms with E-state index in [9.17, 15) is 4.79 Å². The number of ether oxygens (including phenoxy) is 1. The van der Waals surface area contributed by atoms with Crippen molar-refractivity contribution >= 4 is 5.78 Å². The molecule has 0 atom stereocenters. The highest BCUT2D eigenvalue weighted by molar-refractivity contribution is 5.91. The maximum absolute atomic E-state index is 10.4. The van der Waals surface area contributed by atoms with Gasteiger partial charge in [0.2, 0.25) is 0 Å². The normalized spacial score (nSPS) is 11.1. The van der Waals surface area contributed by atoms with Crippen molar-refractivity contribution in [2.75, 3.05) is 7.11 Å². The molecule has 0 aliphatic rings. The minimum Gasteiger partial charge on any atom is -0.493 e. The SMILES string of the molecule is C/C=C(/OC)C(C)=O. The zero-order chi connectivity index (χ0) is 6.57. The van der Waals surface area contributed by atoms with Crippen molar-refractivity contribution in [2.45, 2.75) is 13.8 Å². The number of hydrogen-bond donors (Lipinski definition) is 0. The largest absolute Gasteiger partial charge is 0.493 e. The molecule has 46 valence electrons. The van der Waals surface area contributed by atoms with Gasteiger partial charge in [0.1, 0.15) is 0 Å². The maximum Gasteiger partial charge on any atom is 0.193 e. The van der Waals surface area contributed by atoms with E-state index in [0.29, 0.717) is 5.76 Å². The summed E-state index contributed by atoms with van der Waals surface area (Å²) in [5.74, 6) is 0.389. The molecule has 0 aromatic carbocycles. The average molecular weight is 114 g/mol. The van der Waals surface area contributed by atoms with Gasteiger partial charge in [0.25, 0.3) is 0 Å². The van der Waals surface area contributed by atoms with E-state index < -0.39 is 0 Å². The fraction of sp³-hybridized carbons (Fsp3) is 0.500. The Labute approximate surface area is 49.1 Å². The Hall–Kier alpha value is -0.790. The number of ketones is 1. The molecule has 8 heavy (non-hydrogen) atoms. The quantitative estimate of drug-likeness (QED) is 0.397. The molecule has 0 unspecified atom stereocenters. The van der Waals surface area contributed by atoms with Crippen molar-refractivity contribution in [3.63, 3.8) is 0 Å². The van der Waals surface area contributed by atoms with Crippen molar-refractivity contribution < 1.29 is 9.53 Å². The van der Waals surface area contributed by atoms with E-state index in [4.69, 9.17) is 0 Å². The smallest absolute Gasteiger partial charge is 0.193 e. The van der Waals surface area contributed by atoms with Gasteiger partial charge in [-0.15, -0.1) is 0 Å². The number of methoxy groups -OCH3 is 1. The van der Waals surface area contributed by atoms with Gasteiger partial charge in [-0.2, -0.15) is 0 Å². The number of Topliss-reactive ketones (excluding diaryl/α,β-unsaturated/α-hetero) is 1. The van der Waals surface area contributed by atoms with Crippen LogP contribution in [-0.4, -0.2) is 12.9 Å². The number of allylic oxidation sites excluding steroid dienone is 2. The molecule has 0 amide bonds. The Bertz CT molecular complexity index is 114. The van der Waals surface area contributed by atoms with Crippen LogP contribution in [0.25, 0.3) is 0 Å². The molecule has 0 bridgehead atoms. The number of rotatable bonds is 2. The van der Waals surface area contributed by atoms with Gasteiger partial charge in [0.05, 0.1) is 7.11 Å². The highest BCUT2D eigenvalue weighted by Crippen LogP contribution is 1.93. The summed E-state index contributed by atoms with van der Waals surface area (Å²) >= 11 is 0. The fourth-order valence-corrected chi connectivity index (χ4v) is 0.465. The highest BCUT2D eigenvalue weighted by Gasteiger charge is 1.97. The first-order valence-electron chi connectivity index (χ1n) is 2.43. The lowest BCUT2D eigenvalue weighted by Gasteiger charge is -1.96. The van der Waals surface area contributed by atoms with Gasteiger partial charge in [0.15, 0.2) is 11.5 Å². The summed E-state index contributed by atoms with van der Waals surface area (Å²) in [7, 11) is 1.48. The van der Waals surface area contributed by atoms with Crippen LogP contribution in [0.4, 0.5) is 0 Å². The molecule has 0 N–H and O–H groups in total. The third kappa shape index (κ3) is 1.78. The molecular weight excluding hydrogens is 104 g/mol. The molecule has 0 aromatic rings. The van der Waals surface area contributed by atoms with Crippen LogP contribution in [-0.2, 0) is 9.53 Å².